The largest absolute Gasteiger partial charge is 0.312 e. The topological polar surface area (TPSA) is 24.1 Å². The van der Waals surface area contributed by atoms with Gasteiger partial charge in [-0.2, -0.15) is 0 Å². The molecule has 1 aliphatic rings. The van der Waals surface area contributed by atoms with Gasteiger partial charge in [0.25, 0.3) is 0 Å². The molecular formula is C18H30N2. The number of rotatable bonds is 8. The minimum absolute atomic E-state index is 0.842. The van der Waals surface area contributed by atoms with Gasteiger partial charge >= 0.3 is 0 Å². The van der Waals surface area contributed by atoms with Gasteiger partial charge in [-0.3, -0.25) is 0 Å². The Labute approximate surface area is 124 Å². The Hall–Kier alpha value is -0.860. The van der Waals surface area contributed by atoms with Gasteiger partial charge in [-0.1, -0.05) is 51.3 Å². The molecule has 0 bridgehead atoms. The van der Waals surface area contributed by atoms with Crippen LogP contribution in [0.25, 0.3) is 0 Å². The van der Waals surface area contributed by atoms with Crippen LogP contribution in [-0.4, -0.2) is 13.1 Å². The lowest BCUT2D eigenvalue weighted by atomic mass is 9.98. The maximum absolute atomic E-state index is 3.65. The fourth-order valence-corrected chi connectivity index (χ4v) is 3.01. The molecule has 1 heterocycles. The molecular weight excluding hydrogens is 244 g/mol. The van der Waals surface area contributed by atoms with Crippen molar-refractivity contribution in [3.63, 3.8) is 0 Å². The molecule has 2 rings (SSSR count). The molecule has 1 aromatic rings. The highest BCUT2D eigenvalue weighted by Gasteiger charge is 2.09. The smallest absolute Gasteiger partial charge is 0.0208 e. The Bertz CT molecular complexity index is 400. The highest BCUT2D eigenvalue weighted by atomic mass is 14.9. The van der Waals surface area contributed by atoms with E-state index in [4.69, 9.17) is 0 Å². The molecule has 0 aliphatic carbocycles. The van der Waals surface area contributed by atoms with Gasteiger partial charge in [0.2, 0.25) is 0 Å². The second-order valence-corrected chi connectivity index (χ2v) is 6.08. The normalized spacial score (nSPS) is 15.9. The van der Waals surface area contributed by atoms with Crippen molar-refractivity contribution in [1.82, 2.24) is 10.6 Å². The van der Waals surface area contributed by atoms with Crippen LogP contribution >= 0.6 is 0 Å². The summed E-state index contributed by atoms with van der Waals surface area (Å²) in [5.74, 6) is 0.842. The summed E-state index contributed by atoms with van der Waals surface area (Å²) in [7, 11) is 0. The molecule has 1 atom stereocenters. The molecule has 0 fully saturated rings. The van der Waals surface area contributed by atoms with E-state index >= 15 is 0 Å². The fraction of sp³-hybridized carbons (Fsp3) is 0.667. The van der Waals surface area contributed by atoms with E-state index in [0.717, 1.165) is 32.1 Å². The average molecular weight is 274 g/mol. The monoisotopic (exact) mass is 274 g/mol. The van der Waals surface area contributed by atoms with Crippen molar-refractivity contribution in [2.45, 2.75) is 59.0 Å². The SMILES string of the molecule is CCCCC(CC)CNCc1ccc2c(c1)CNCC2. The van der Waals surface area contributed by atoms with Gasteiger partial charge < -0.3 is 10.6 Å². The molecule has 1 unspecified atom stereocenters. The van der Waals surface area contributed by atoms with Gasteiger partial charge in [-0.15, -0.1) is 0 Å². The van der Waals surface area contributed by atoms with Gasteiger partial charge in [0.15, 0.2) is 0 Å². The summed E-state index contributed by atoms with van der Waals surface area (Å²) in [5.41, 5.74) is 4.45. The fourth-order valence-electron chi connectivity index (χ4n) is 3.01. The maximum atomic E-state index is 3.65. The summed E-state index contributed by atoms with van der Waals surface area (Å²) in [6.07, 6.45) is 6.52. The summed E-state index contributed by atoms with van der Waals surface area (Å²) >= 11 is 0. The molecule has 1 aromatic carbocycles. The molecule has 112 valence electrons. The first-order valence-corrected chi connectivity index (χ1v) is 8.35. The van der Waals surface area contributed by atoms with Crippen molar-refractivity contribution in [3.8, 4) is 0 Å². The van der Waals surface area contributed by atoms with Crippen molar-refractivity contribution < 1.29 is 0 Å². The van der Waals surface area contributed by atoms with Gasteiger partial charge in [-0.05, 0) is 48.5 Å². The highest BCUT2D eigenvalue weighted by molar-refractivity contribution is 5.33. The predicted molar refractivity (Wildman–Crippen MR) is 86.9 cm³/mol. The number of benzene rings is 1. The molecule has 0 aromatic heterocycles. The van der Waals surface area contributed by atoms with Crippen LogP contribution in [0.5, 0.6) is 0 Å². The van der Waals surface area contributed by atoms with E-state index in [1.54, 1.807) is 0 Å². The number of fused-ring (bicyclic) bond motifs is 1. The number of unbranched alkanes of at least 4 members (excludes halogenated alkanes) is 1. The Morgan fingerprint density at radius 1 is 1.25 bits per heavy atom. The van der Waals surface area contributed by atoms with Crippen molar-refractivity contribution in [1.29, 1.82) is 0 Å². The number of hydrogen-bond acceptors (Lipinski definition) is 2. The third-order valence-electron chi connectivity index (χ3n) is 4.46. The molecule has 2 heteroatoms. The zero-order valence-electron chi connectivity index (χ0n) is 13.2. The van der Waals surface area contributed by atoms with Gasteiger partial charge in [0, 0.05) is 13.1 Å². The molecule has 2 nitrogen and oxygen atoms in total. The van der Waals surface area contributed by atoms with Gasteiger partial charge in [0.1, 0.15) is 0 Å². The maximum Gasteiger partial charge on any atom is 0.0208 e. The van der Waals surface area contributed by atoms with Gasteiger partial charge in [0.05, 0.1) is 0 Å². The van der Waals surface area contributed by atoms with E-state index in [-0.39, 0.29) is 0 Å². The molecule has 2 N–H and O–H groups in total. The molecule has 20 heavy (non-hydrogen) atoms. The lowest BCUT2D eigenvalue weighted by molar-refractivity contribution is 0.419. The summed E-state index contributed by atoms with van der Waals surface area (Å²) in [6.45, 7) is 8.92. The Kier molecular flexibility index (Phi) is 6.55. The zero-order valence-corrected chi connectivity index (χ0v) is 13.2. The average Bonchev–Trinajstić information content (AvgIpc) is 2.50. The highest BCUT2D eigenvalue weighted by Crippen LogP contribution is 2.16. The second kappa shape index (κ2) is 8.43. The summed E-state index contributed by atoms with van der Waals surface area (Å²) in [5, 5.41) is 7.10. The first-order chi connectivity index (χ1) is 9.83. The number of hydrogen-bond donors (Lipinski definition) is 2. The first kappa shape index (κ1) is 15.5. The Morgan fingerprint density at radius 2 is 2.15 bits per heavy atom. The van der Waals surface area contributed by atoms with Crippen LogP contribution in [0.1, 0.15) is 56.2 Å². The summed E-state index contributed by atoms with van der Waals surface area (Å²) in [6, 6.07) is 6.99. The van der Waals surface area contributed by atoms with Crippen molar-refractivity contribution >= 4 is 0 Å². The third kappa shape index (κ3) is 4.60. The van der Waals surface area contributed by atoms with E-state index in [0.29, 0.717) is 0 Å². The molecule has 0 radical (unpaired) electrons. The Morgan fingerprint density at radius 3 is 2.95 bits per heavy atom. The minimum Gasteiger partial charge on any atom is -0.312 e. The predicted octanol–water partition coefficient (Wildman–Crippen LogP) is 3.64. The Balaban J connectivity index is 1.78. The molecule has 0 saturated carbocycles. The molecule has 1 aliphatic heterocycles. The first-order valence-electron chi connectivity index (χ1n) is 8.35. The van der Waals surface area contributed by atoms with Crippen molar-refractivity contribution in [2.75, 3.05) is 13.1 Å². The summed E-state index contributed by atoms with van der Waals surface area (Å²) < 4.78 is 0. The molecule has 0 amide bonds. The van der Waals surface area contributed by atoms with Crippen LogP contribution in [0.3, 0.4) is 0 Å². The van der Waals surface area contributed by atoms with Crippen LogP contribution in [0.4, 0.5) is 0 Å². The van der Waals surface area contributed by atoms with E-state index in [1.807, 2.05) is 0 Å². The zero-order chi connectivity index (χ0) is 14.2. The second-order valence-electron chi connectivity index (χ2n) is 6.08. The quantitative estimate of drug-likeness (QED) is 0.756. The number of nitrogens with one attached hydrogen (secondary N) is 2. The molecule has 0 saturated heterocycles. The standard InChI is InChI=1S/C18H30N2/c1-3-5-6-15(4-2)12-20-13-16-7-8-17-9-10-19-14-18(17)11-16/h7-8,11,15,19-20H,3-6,9-10,12-14H2,1-2H3. The third-order valence-corrected chi connectivity index (χ3v) is 4.46. The van der Waals surface area contributed by atoms with E-state index in [1.165, 1.54) is 48.8 Å². The van der Waals surface area contributed by atoms with Crippen molar-refractivity contribution in [2.24, 2.45) is 5.92 Å². The summed E-state index contributed by atoms with van der Waals surface area (Å²) in [4.78, 5) is 0. The van der Waals surface area contributed by atoms with Crippen LogP contribution < -0.4 is 10.6 Å². The van der Waals surface area contributed by atoms with Crippen LogP contribution in [-0.2, 0) is 19.5 Å². The lowest BCUT2D eigenvalue weighted by Gasteiger charge is -2.19. The van der Waals surface area contributed by atoms with E-state index in [9.17, 15) is 0 Å². The molecule has 0 spiro atoms. The van der Waals surface area contributed by atoms with Gasteiger partial charge in [-0.25, -0.2) is 0 Å². The van der Waals surface area contributed by atoms with Crippen molar-refractivity contribution in [3.05, 3.63) is 34.9 Å². The van der Waals surface area contributed by atoms with Crippen LogP contribution in [0.15, 0.2) is 18.2 Å². The minimum atomic E-state index is 0.842. The van der Waals surface area contributed by atoms with E-state index < -0.39 is 0 Å². The van der Waals surface area contributed by atoms with Crippen LogP contribution in [0.2, 0.25) is 0 Å². The van der Waals surface area contributed by atoms with E-state index in [2.05, 4.69) is 42.7 Å². The van der Waals surface area contributed by atoms with Crippen LogP contribution in [0, 0.1) is 5.92 Å². The lowest BCUT2D eigenvalue weighted by Crippen LogP contribution is -2.25.